The predicted octanol–water partition coefficient (Wildman–Crippen LogP) is 3.64. The lowest BCUT2D eigenvalue weighted by Gasteiger charge is -2.06. The lowest BCUT2D eigenvalue weighted by molar-refractivity contribution is -0.117. The zero-order chi connectivity index (χ0) is 19.4. The summed E-state index contributed by atoms with van der Waals surface area (Å²) in [4.78, 5) is 17.7. The molecule has 0 aliphatic rings. The SMILES string of the molecule is COCCn1c(=NC(=O)Cc2cccc(OC)c2)sc2c(C)cc(C)cc21. The van der Waals surface area contributed by atoms with Crippen molar-refractivity contribution in [2.75, 3.05) is 20.8 Å². The summed E-state index contributed by atoms with van der Waals surface area (Å²) in [6.07, 6.45) is 0.244. The second kappa shape index (κ2) is 8.50. The molecule has 0 N–H and O–H groups in total. The van der Waals surface area contributed by atoms with Gasteiger partial charge in [-0.3, -0.25) is 4.79 Å². The first-order valence-corrected chi connectivity index (χ1v) is 9.63. The van der Waals surface area contributed by atoms with Crippen molar-refractivity contribution in [3.63, 3.8) is 0 Å². The van der Waals surface area contributed by atoms with Crippen LogP contribution in [0.4, 0.5) is 0 Å². The van der Waals surface area contributed by atoms with Crippen molar-refractivity contribution in [3.8, 4) is 5.75 Å². The topological polar surface area (TPSA) is 52.8 Å². The molecule has 142 valence electrons. The van der Waals surface area contributed by atoms with E-state index in [1.165, 1.54) is 11.1 Å². The normalized spacial score (nSPS) is 11.9. The van der Waals surface area contributed by atoms with Gasteiger partial charge in [-0.2, -0.15) is 4.99 Å². The van der Waals surface area contributed by atoms with E-state index in [9.17, 15) is 4.79 Å². The molecule has 3 rings (SSSR count). The molecule has 0 spiro atoms. The molecule has 0 atom stereocenters. The number of methoxy groups -OCH3 is 2. The van der Waals surface area contributed by atoms with E-state index in [2.05, 4.69) is 35.5 Å². The Morgan fingerprint density at radius 2 is 2.00 bits per heavy atom. The summed E-state index contributed by atoms with van der Waals surface area (Å²) < 4.78 is 13.7. The fraction of sp³-hybridized carbons (Fsp3) is 0.333. The number of hydrogen-bond acceptors (Lipinski definition) is 4. The fourth-order valence-corrected chi connectivity index (χ4v) is 4.22. The van der Waals surface area contributed by atoms with Crippen LogP contribution in [0.25, 0.3) is 10.2 Å². The molecule has 3 aromatic rings. The molecule has 1 heterocycles. The first kappa shape index (κ1) is 19.3. The molecular weight excluding hydrogens is 360 g/mol. The largest absolute Gasteiger partial charge is 0.497 e. The van der Waals surface area contributed by atoms with E-state index in [-0.39, 0.29) is 12.3 Å². The van der Waals surface area contributed by atoms with Gasteiger partial charge in [-0.25, -0.2) is 0 Å². The van der Waals surface area contributed by atoms with Gasteiger partial charge >= 0.3 is 0 Å². The third-order valence-corrected chi connectivity index (χ3v) is 5.57. The van der Waals surface area contributed by atoms with Crippen molar-refractivity contribution in [2.24, 2.45) is 4.99 Å². The minimum absolute atomic E-state index is 0.171. The van der Waals surface area contributed by atoms with Gasteiger partial charge < -0.3 is 14.0 Å². The van der Waals surface area contributed by atoms with E-state index in [1.54, 1.807) is 25.6 Å². The van der Waals surface area contributed by atoms with Crippen LogP contribution >= 0.6 is 11.3 Å². The highest BCUT2D eigenvalue weighted by molar-refractivity contribution is 7.16. The van der Waals surface area contributed by atoms with Gasteiger partial charge in [0.2, 0.25) is 0 Å². The molecule has 5 nitrogen and oxygen atoms in total. The van der Waals surface area contributed by atoms with Crippen LogP contribution in [0.1, 0.15) is 16.7 Å². The van der Waals surface area contributed by atoms with Crippen molar-refractivity contribution < 1.29 is 14.3 Å². The molecule has 2 aromatic carbocycles. The average Bonchev–Trinajstić information content (AvgIpc) is 2.97. The third-order valence-electron chi connectivity index (χ3n) is 4.34. The molecule has 0 aliphatic carbocycles. The fourth-order valence-electron chi connectivity index (χ4n) is 3.10. The van der Waals surface area contributed by atoms with E-state index in [0.717, 1.165) is 21.5 Å². The lowest BCUT2D eigenvalue weighted by atomic mass is 10.1. The number of ether oxygens (including phenoxy) is 2. The zero-order valence-electron chi connectivity index (χ0n) is 16.1. The summed E-state index contributed by atoms with van der Waals surface area (Å²) in [5.41, 5.74) is 4.38. The summed E-state index contributed by atoms with van der Waals surface area (Å²) in [6.45, 7) is 5.39. The van der Waals surface area contributed by atoms with Gasteiger partial charge in [0.15, 0.2) is 4.80 Å². The molecule has 0 bridgehead atoms. The van der Waals surface area contributed by atoms with Gasteiger partial charge in [0.05, 0.1) is 30.4 Å². The number of rotatable bonds is 6. The summed E-state index contributed by atoms with van der Waals surface area (Å²) in [6, 6.07) is 11.8. The predicted molar refractivity (Wildman–Crippen MR) is 108 cm³/mol. The molecular formula is C21H24N2O3S. The number of aromatic nitrogens is 1. The Balaban J connectivity index is 2.00. The van der Waals surface area contributed by atoms with Crippen molar-refractivity contribution in [1.82, 2.24) is 4.57 Å². The minimum Gasteiger partial charge on any atom is -0.497 e. The number of thiazole rings is 1. The van der Waals surface area contributed by atoms with E-state index < -0.39 is 0 Å². The highest BCUT2D eigenvalue weighted by atomic mass is 32.1. The van der Waals surface area contributed by atoms with Gasteiger partial charge in [0.25, 0.3) is 5.91 Å². The molecule has 0 saturated heterocycles. The first-order valence-electron chi connectivity index (χ1n) is 8.82. The van der Waals surface area contributed by atoms with E-state index in [0.29, 0.717) is 18.0 Å². The molecule has 1 amide bonds. The second-order valence-corrected chi connectivity index (χ2v) is 7.47. The number of nitrogens with zero attached hydrogens (tertiary/aromatic N) is 2. The minimum atomic E-state index is -0.171. The second-order valence-electron chi connectivity index (χ2n) is 6.49. The lowest BCUT2D eigenvalue weighted by Crippen LogP contribution is -2.19. The van der Waals surface area contributed by atoms with E-state index in [1.807, 2.05) is 24.3 Å². The van der Waals surface area contributed by atoms with Crippen LogP contribution in [-0.2, 0) is 22.5 Å². The van der Waals surface area contributed by atoms with Gasteiger partial charge in [-0.1, -0.05) is 29.5 Å². The standard InChI is InChI=1S/C21H24N2O3S/c1-14-10-15(2)20-18(11-14)23(8-9-25-3)21(27-20)22-19(24)13-16-6-5-7-17(12-16)26-4/h5-7,10-12H,8-9,13H2,1-4H3. The van der Waals surface area contributed by atoms with Gasteiger partial charge in [-0.05, 0) is 48.7 Å². The number of carbonyl (C=O) groups excluding carboxylic acids is 1. The molecule has 0 aliphatic heterocycles. The van der Waals surface area contributed by atoms with Crippen LogP contribution in [0.15, 0.2) is 41.4 Å². The quantitative estimate of drug-likeness (QED) is 0.652. The Bertz CT molecular complexity index is 1030. The highest BCUT2D eigenvalue weighted by Gasteiger charge is 2.11. The molecule has 0 radical (unpaired) electrons. The summed E-state index contributed by atoms with van der Waals surface area (Å²) in [7, 11) is 3.29. The number of benzene rings is 2. The van der Waals surface area contributed by atoms with E-state index in [4.69, 9.17) is 9.47 Å². The van der Waals surface area contributed by atoms with E-state index >= 15 is 0 Å². The maximum absolute atomic E-state index is 12.6. The Kier molecular flexibility index (Phi) is 6.08. The van der Waals surface area contributed by atoms with Crippen LogP contribution in [-0.4, -0.2) is 31.3 Å². The molecule has 0 unspecified atom stereocenters. The number of aryl methyl sites for hydroxylation is 2. The molecule has 0 fully saturated rings. The zero-order valence-corrected chi connectivity index (χ0v) is 16.9. The summed E-state index contributed by atoms with van der Waals surface area (Å²) >= 11 is 1.55. The van der Waals surface area contributed by atoms with Crippen LogP contribution in [0, 0.1) is 13.8 Å². The highest BCUT2D eigenvalue weighted by Crippen LogP contribution is 2.23. The maximum atomic E-state index is 12.6. The summed E-state index contributed by atoms with van der Waals surface area (Å²) in [5.74, 6) is 0.568. The smallest absolute Gasteiger partial charge is 0.252 e. The third kappa shape index (κ3) is 4.46. The Labute approximate surface area is 162 Å². The Morgan fingerprint density at radius 3 is 2.74 bits per heavy atom. The average molecular weight is 385 g/mol. The number of carbonyl (C=O) groups is 1. The molecule has 0 saturated carbocycles. The Hall–Kier alpha value is -2.44. The van der Waals surface area contributed by atoms with Crippen LogP contribution in [0.2, 0.25) is 0 Å². The van der Waals surface area contributed by atoms with Crippen molar-refractivity contribution in [1.29, 1.82) is 0 Å². The van der Waals surface area contributed by atoms with Gasteiger partial charge in [0, 0.05) is 13.7 Å². The van der Waals surface area contributed by atoms with Gasteiger partial charge in [0.1, 0.15) is 5.75 Å². The van der Waals surface area contributed by atoms with Crippen LogP contribution < -0.4 is 9.54 Å². The molecule has 27 heavy (non-hydrogen) atoms. The van der Waals surface area contributed by atoms with Crippen LogP contribution in [0.5, 0.6) is 5.75 Å². The van der Waals surface area contributed by atoms with Crippen molar-refractivity contribution in [2.45, 2.75) is 26.8 Å². The molecule has 6 heteroatoms. The Morgan fingerprint density at radius 1 is 1.19 bits per heavy atom. The molecule has 1 aromatic heterocycles. The first-order chi connectivity index (χ1) is 13.0. The van der Waals surface area contributed by atoms with Crippen LogP contribution in [0.3, 0.4) is 0 Å². The maximum Gasteiger partial charge on any atom is 0.252 e. The number of amides is 1. The number of hydrogen-bond donors (Lipinski definition) is 0. The number of fused-ring (bicyclic) bond motifs is 1. The van der Waals surface area contributed by atoms with Gasteiger partial charge in [-0.15, -0.1) is 0 Å². The summed E-state index contributed by atoms with van der Waals surface area (Å²) in [5, 5.41) is 0. The van der Waals surface area contributed by atoms with Crippen molar-refractivity contribution in [3.05, 3.63) is 57.9 Å². The monoisotopic (exact) mass is 384 g/mol. The van der Waals surface area contributed by atoms with Crippen molar-refractivity contribution >= 4 is 27.5 Å².